The third-order valence-corrected chi connectivity index (χ3v) is 3.76. The topological polar surface area (TPSA) is 53.7 Å². The molecule has 0 aromatic carbocycles. The lowest BCUT2D eigenvalue weighted by Crippen LogP contribution is -2.25. The Morgan fingerprint density at radius 3 is 2.90 bits per heavy atom. The SMILES string of the molecule is Cc1ccc(CN(C)C(=O)c2sccc2C#CCCO)o1. The van der Waals surface area contributed by atoms with E-state index in [4.69, 9.17) is 9.52 Å². The van der Waals surface area contributed by atoms with E-state index in [-0.39, 0.29) is 12.5 Å². The van der Waals surface area contributed by atoms with Gasteiger partial charge < -0.3 is 14.4 Å². The van der Waals surface area contributed by atoms with Gasteiger partial charge in [0.1, 0.15) is 16.4 Å². The van der Waals surface area contributed by atoms with Crippen LogP contribution in [0.3, 0.4) is 0 Å². The maximum absolute atomic E-state index is 12.4. The molecule has 0 aliphatic rings. The van der Waals surface area contributed by atoms with Crippen molar-refractivity contribution >= 4 is 17.2 Å². The second-order valence-corrected chi connectivity index (χ2v) is 5.53. The van der Waals surface area contributed by atoms with Gasteiger partial charge in [0.05, 0.1) is 13.2 Å². The van der Waals surface area contributed by atoms with Gasteiger partial charge in [0, 0.05) is 19.0 Å². The number of aliphatic hydroxyl groups is 1. The Morgan fingerprint density at radius 2 is 2.24 bits per heavy atom. The van der Waals surface area contributed by atoms with Crippen molar-refractivity contribution in [1.82, 2.24) is 4.90 Å². The highest BCUT2D eigenvalue weighted by atomic mass is 32.1. The van der Waals surface area contributed by atoms with Gasteiger partial charge in [-0.2, -0.15) is 0 Å². The molecule has 0 aliphatic heterocycles. The van der Waals surface area contributed by atoms with Crippen LogP contribution in [0, 0.1) is 18.8 Å². The minimum absolute atomic E-state index is 0.0260. The average molecular weight is 303 g/mol. The van der Waals surface area contributed by atoms with E-state index in [0.717, 1.165) is 11.5 Å². The molecule has 0 spiro atoms. The molecule has 2 aromatic rings. The van der Waals surface area contributed by atoms with Crippen molar-refractivity contribution in [3.63, 3.8) is 0 Å². The van der Waals surface area contributed by atoms with Crippen LogP contribution in [0.4, 0.5) is 0 Å². The fourth-order valence-electron chi connectivity index (χ4n) is 1.84. The fourth-order valence-corrected chi connectivity index (χ4v) is 2.68. The molecular formula is C16H17NO3S. The molecule has 5 heteroatoms. The highest BCUT2D eigenvalue weighted by Crippen LogP contribution is 2.19. The average Bonchev–Trinajstić information content (AvgIpc) is 3.07. The standard InChI is InChI=1S/C16H17NO3S/c1-12-6-7-14(20-12)11-17(2)16(19)15-13(8-10-21-15)5-3-4-9-18/h6-8,10,18H,4,9,11H2,1-2H3. The molecule has 4 nitrogen and oxygen atoms in total. The van der Waals surface area contributed by atoms with Crippen LogP contribution in [-0.4, -0.2) is 29.6 Å². The van der Waals surface area contributed by atoms with E-state index in [1.165, 1.54) is 11.3 Å². The number of carbonyl (C=O) groups is 1. The van der Waals surface area contributed by atoms with E-state index in [2.05, 4.69) is 11.8 Å². The Balaban J connectivity index is 2.09. The number of furan rings is 1. The van der Waals surface area contributed by atoms with E-state index < -0.39 is 0 Å². The molecule has 21 heavy (non-hydrogen) atoms. The first kappa shape index (κ1) is 15.4. The highest BCUT2D eigenvalue weighted by Gasteiger charge is 2.17. The second-order valence-electron chi connectivity index (χ2n) is 4.61. The molecule has 2 aromatic heterocycles. The molecule has 2 rings (SSSR count). The summed E-state index contributed by atoms with van der Waals surface area (Å²) in [5.41, 5.74) is 0.709. The minimum atomic E-state index is -0.0765. The molecule has 1 N–H and O–H groups in total. The van der Waals surface area contributed by atoms with E-state index >= 15 is 0 Å². The zero-order chi connectivity index (χ0) is 15.2. The Hall–Kier alpha value is -2.03. The van der Waals surface area contributed by atoms with Gasteiger partial charge in [-0.15, -0.1) is 11.3 Å². The van der Waals surface area contributed by atoms with Crippen molar-refractivity contribution in [2.75, 3.05) is 13.7 Å². The van der Waals surface area contributed by atoms with Crippen LogP contribution in [0.1, 0.15) is 33.2 Å². The number of aryl methyl sites for hydroxylation is 1. The quantitative estimate of drug-likeness (QED) is 0.884. The maximum atomic E-state index is 12.4. The van der Waals surface area contributed by atoms with E-state index in [1.54, 1.807) is 11.9 Å². The molecule has 1 amide bonds. The molecule has 0 saturated heterocycles. The number of hydrogen-bond donors (Lipinski definition) is 1. The third-order valence-electron chi connectivity index (χ3n) is 2.86. The minimum Gasteiger partial charge on any atom is -0.464 e. The van der Waals surface area contributed by atoms with Crippen molar-refractivity contribution in [3.05, 3.63) is 45.5 Å². The first-order valence-electron chi connectivity index (χ1n) is 6.60. The summed E-state index contributed by atoms with van der Waals surface area (Å²) in [6.07, 6.45) is 0.408. The van der Waals surface area contributed by atoms with Gasteiger partial charge in [-0.05, 0) is 30.5 Å². The summed E-state index contributed by atoms with van der Waals surface area (Å²) in [7, 11) is 1.74. The number of hydrogen-bond acceptors (Lipinski definition) is 4. The maximum Gasteiger partial charge on any atom is 0.265 e. The van der Waals surface area contributed by atoms with Crippen LogP contribution < -0.4 is 0 Å². The molecule has 0 bridgehead atoms. The molecule has 2 heterocycles. The molecule has 0 radical (unpaired) electrons. The predicted octanol–water partition coefficient (Wildman–Crippen LogP) is 2.66. The molecule has 110 valence electrons. The van der Waals surface area contributed by atoms with E-state index in [1.807, 2.05) is 30.5 Å². The molecular weight excluding hydrogens is 286 g/mol. The molecule has 0 atom stereocenters. The van der Waals surface area contributed by atoms with Gasteiger partial charge in [-0.1, -0.05) is 11.8 Å². The zero-order valence-corrected chi connectivity index (χ0v) is 12.9. The van der Waals surface area contributed by atoms with E-state index in [0.29, 0.717) is 23.4 Å². The second kappa shape index (κ2) is 7.11. The molecule has 0 fully saturated rings. The number of amides is 1. The fraction of sp³-hybridized carbons (Fsp3) is 0.312. The number of thiophene rings is 1. The lowest BCUT2D eigenvalue weighted by molar-refractivity contribution is 0.0779. The lowest BCUT2D eigenvalue weighted by atomic mass is 10.2. The first-order valence-corrected chi connectivity index (χ1v) is 7.47. The van der Waals surface area contributed by atoms with Crippen molar-refractivity contribution in [3.8, 4) is 11.8 Å². The Labute approximate surface area is 128 Å². The van der Waals surface area contributed by atoms with Crippen LogP contribution in [0.5, 0.6) is 0 Å². The van der Waals surface area contributed by atoms with Gasteiger partial charge in [0.25, 0.3) is 5.91 Å². The predicted molar refractivity (Wildman–Crippen MR) is 82.1 cm³/mol. The number of carbonyl (C=O) groups excluding carboxylic acids is 1. The zero-order valence-electron chi connectivity index (χ0n) is 12.0. The molecule has 0 aliphatic carbocycles. The summed E-state index contributed by atoms with van der Waals surface area (Å²) in [4.78, 5) is 14.7. The summed E-state index contributed by atoms with van der Waals surface area (Å²) in [5.74, 6) is 7.28. The number of rotatable bonds is 4. The van der Waals surface area contributed by atoms with Gasteiger partial charge in [-0.25, -0.2) is 0 Å². The van der Waals surface area contributed by atoms with Gasteiger partial charge >= 0.3 is 0 Å². The van der Waals surface area contributed by atoms with Gasteiger partial charge in [0.2, 0.25) is 0 Å². The largest absolute Gasteiger partial charge is 0.464 e. The van der Waals surface area contributed by atoms with Gasteiger partial charge in [0.15, 0.2) is 0 Å². The molecule has 0 saturated carbocycles. The van der Waals surface area contributed by atoms with Crippen molar-refractivity contribution in [1.29, 1.82) is 0 Å². The summed E-state index contributed by atoms with van der Waals surface area (Å²) >= 11 is 1.37. The smallest absolute Gasteiger partial charge is 0.265 e. The summed E-state index contributed by atoms with van der Waals surface area (Å²) in [6, 6.07) is 5.58. The Kier molecular flexibility index (Phi) is 5.20. The van der Waals surface area contributed by atoms with Crippen LogP contribution in [-0.2, 0) is 6.54 Å². The van der Waals surface area contributed by atoms with Crippen LogP contribution in [0.25, 0.3) is 0 Å². The van der Waals surface area contributed by atoms with E-state index in [9.17, 15) is 4.79 Å². The van der Waals surface area contributed by atoms with Gasteiger partial charge in [-0.3, -0.25) is 4.79 Å². The Morgan fingerprint density at radius 1 is 1.43 bits per heavy atom. The normalized spacial score (nSPS) is 10.0. The van der Waals surface area contributed by atoms with Crippen LogP contribution in [0.15, 0.2) is 28.0 Å². The van der Waals surface area contributed by atoms with Crippen molar-refractivity contribution < 1.29 is 14.3 Å². The summed E-state index contributed by atoms with van der Waals surface area (Å²) < 4.78 is 5.49. The van der Waals surface area contributed by atoms with Crippen LogP contribution in [0.2, 0.25) is 0 Å². The van der Waals surface area contributed by atoms with Crippen molar-refractivity contribution in [2.45, 2.75) is 19.9 Å². The third kappa shape index (κ3) is 3.97. The Bertz CT molecular complexity index is 675. The highest BCUT2D eigenvalue weighted by molar-refractivity contribution is 7.12. The monoisotopic (exact) mass is 303 g/mol. The lowest BCUT2D eigenvalue weighted by Gasteiger charge is -2.15. The van der Waals surface area contributed by atoms with Crippen molar-refractivity contribution in [2.24, 2.45) is 0 Å². The summed E-state index contributed by atoms with van der Waals surface area (Å²) in [5, 5.41) is 10.6. The number of nitrogens with zero attached hydrogens (tertiary/aromatic N) is 1. The van der Waals surface area contributed by atoms with Crippen LogP contribution >= 0.6 is 11.3 Å². The first-order chi connectivity index (χ1) is 10.1. The summed E-state index contributed by atoms with van der Waals surface area (Å²) in [6.45, 7) is 2.33. The molecule has 0 unspecified atom stereocenters. The number of aliphatic hydroxyl groups excluding tert-OH is 1.